The molecule has 1 heteroatoms. The summed E-state index contributed by atoms with van der Waals surface area (Å²) in [5, 5.41) is 3.22. The monoisotopic (exact) mass is 175 g/mol. The fraction of sp³-hybridized carbons (Fsp3) is 0.333. The predicted octanol–water partition coefficient (Wildman–Crippen LogP) is 2.66. The number of hydrogen-bond donors (Lipinski definition) is 1. The van der Waals surface area contributed by atoms with E-state index in [0.29, 0.717) is 0 Å². The van der Waals surface area contributed by atoms with E-state index in [1.54, 1.807) is 0 Å². The fourth-order valence-corrected chi connectivity index (χ4v) is 1.17. The molecular weight excluding hydrogens is 158 g/mol. The number of rotatable bonds is 4. The van der Waals surface area contributed by atoms with Crippen molar-refractivity contribution in [3.63, 3.8) is 0 Å². The highest BCUT2D eigenvalue weighted by Crippen LogP contribution is 2.02. The Morgan fingerprint density at radius 2 is 1.92 bits per heavy atom. The number of benzene rings is 1. The van der Waals surface area contributed by atoms with Crippen molar-refractivity contribution in [3.05, 3.63) is 47.7 Å². The third-order valence-corrected chi connectivity index (χ3v) is 1.96. The van der Waals surface area contributed by atoms with Crippen molar-refractivity contribution in [2.45, 2.75) is 20.3 Å². The zero-order valence-corrected chi connectivity index (χ0v) is 8.38. The molecule has 0 aliphatic heterocycles. The third kappa shape index (κ3) is 3.79. The van der Waals surface area contributed by atoms with E-state index in [1.165, 1.54) is 11.1 Å². The second-order valence-electron chi connectivity index (χ2n) is 3.19. The highest BCUT2D eigenvalue weighted by molar-refractivity contribution is 5.21. The minimum Gasteiger partial charge on any atom is -0.391 e. The molecule has 70 valence electrons. The average Bonchev–Trinajstić information content (AvgIpc) is 2.15. The van der Waals surface area contributed by atoms with Gasteiger partial charge in [-0.05, 0) is 32.0 Å². The molecule has 0 aliphatic carbocycles. The standard InChI is InChI=1S/C12H17N/c1-3-9-13-10-8-12-6-4-11(2)5-7-12/h3-7,9,13H,8,10H2,1-2H3. The molecule has 1 aromatic rings. The van der Waals surface area contributed by atoms with Crippen LogP contribution in [0.2, 0.25) is 0 Å². The molecule has 0 aliphatic rings. The number of allylic oxidation sites excluding steroid dienone is 1. The average molecular weight is 175 g/mol. The molecule has 0 fully saturated rings. The molecule has 13 heavy (non-hydrogen) atoms. The van der Waals surface area contributed by atoms with Crippen LogP contribution in [-0.2, 0) is 6.42 Å². The lowest BCUT2D eigenvalue weighted by atomic mass is 10.1. The van der Waals surface area contributed by atoms with E-state index >= 15 is 0 Å². The molecule has 0 heterocycles. The van der Waals surface area contributed by atoms with E-state index in [0.717, 1.165) is 13.0 Å². The molecule has 0 amide bonds. The van der Waals surface area contributed by atoms with Gasteiger partial charge in [-0.1, -0.05) is 35.9 Å². The molecule has 1 nitrogen and oxygen atoms in total. The van der Waals surface area contributed by atoms with Crippen molar-refractivity contribution >= 4 is 0 Å². The highest BCUT2D eigenvalue weighted by Gasteiger charge is 1.90. The van der Waals surface area contributed by atoms with Crippen molar-refractivity contribution in [2.24, 2.45) is 0 Å². The summed E-state index contributed by atoms with van der Waals surface area (Å²) in [6.45, 7) is 5.13. The van der Waals surface area contributed by atoms with Crippen molar-refractivity contribution in [2.75, 3.05) is 6.54 Å². The first-order valence-electron chi connectivity index (χ1n) is 4.73. The maximum atomic E-state index is 3.22. The Morgan fingerprint density at radius 3 is 2.54 bits per heavy atom. The first kappa shape index (κ1) is 9.85. The van der Waals surface area contributed by atoms with Gasteiger partial charge in [-0.25, -0.2) is 0 Å². The summed E-state index contributed by atoms with van der Waals surface area (Å²) in [7, 11) is 0. The fourth-order valence-electron chi connectivity index (χ4n) is 1.17. The van der Waals surface area contributed by atoms with E-state index < -0.39 is 0 Å². The lowest BCUT2D eigenvalue weighted by molar-refractivity contribution is 0.831. The molecule has 0 atom stereocenters. The summed E-state index contributed by atoms with van der Waals surface area (Å²) >= 11 is 0. The second-order valence-corrected chi connectivity index (χ2v) is 3.19. The van der Waals surface area contributed by atoms with Crippen LogP contribution in [0.5, 0.6) is 0 Å². The maximum absolute atomic E-state index is 3.22. The van der Waals surface area contributed by atoms with Crippen LogP contribution in [0, 0.1) is 6.92 Å². The molecule has 0 spiro atoms. The lowest BCUT2D eigenvalue weighted by Crippen LogP contribution is -2.09. The topological polar surface area (TPSA) is 12.0 Å². The summed E-state index contributed by atoms with van der Waals surface area (Å²) in [6, 6.07) is 8.69. The van der Waals surface area contributed by atoms with Gasteiger partial charge in [0.25, 0.3) is 0 Å². The van der Waals surface area contributed by atoms with Gasteiger partial charge in [0.05, 0.1) is 0 Å². The summed E-state index contributed by atoms with van der Waals surface area (Å²) < 4.78 is 0. The smallest absolute Gasteiger partial charge is 0.0181 e. The van der Waals surface area contributed by atoms with Gasteiger partial charge in [-0.2, -0.15) is 0 Å². The van der Waals surface area contributed by atoms with Gasteiger partial charge >= 0.3 is 0 Å². The van der Waals surface area contributed by atoms with E-state index in [-0.39, 0.29) is 0 Å². The highest BCUT2D eigenvalue weighted by atomic mass is 14.8. The van der Waals surface area contributed by atoms with Gasteiger partial charge in [0, 0.05) is 6.54 Å². The van der Waals surface area contributed by atoms with Crippen LogP contribution in [0.15, 0.2) is 36.5 Å². The van der Waals surface area contributed by atoms with Gasteiger partial charge in [0.15, 0.2) is 0 Å². The molecule has 0 radical (unpaired) electrons. The first-order valence-corrected chi connectivity index (χ1v) is 4.73. The maximum Gasteiger partial charge on any atom is 0.0181 e. The van der Waals surface area contributed by atoms with E-state index in [2.05, 4.69) is 36.5 Å². The van der Waals surface area contributed by atoms with Crippen molar-refractivity contribution in [1.29, 1.82) is 0 Å². The van der Waals surface area contributed by atoms with Crippen LogP contribution >= 0.6 is 0 Å². The molecule has 0 bridgehead atoms. The Balaban J connectivity index is 2.33. The van der Waals surface area contributed by atoms with Gasteiger partial charge in [0.1, 0.15) is 0 Å². The summed E-state index contributed by atoms with van der Waals surface area (Å²) in [6.07, 6.45) is 5.08. The molecule has 1 aromatic carbocycles. The quantitative estimate of drug-likeness (QED) is 0.694. The second kappa shape index (κ2) is 5.41. The largest absolute Gasteiger partial charge is 0.391 e. The molecule has 1 N–H and O–H groups in total. The van der Waals surface area contributed by atoms with Gasteiger partial charge in [-0.15, -0.1) is 0 Å². The van der Waals surface area contributed by atoms with Crippen LogP contribution in [0.4, 0.5) is 0 Å². The van der Waals surface area contributed by atoms with Gasteiger partial charge < -0.3 is 5.32 Å². The van der Waals surface area contributed by atoms with Crippen LogP contribution in [0.25, 0.3) is 0 Å². The third-order valence-electron chi connectivity index (χ3n) is 1.96. The Labute approximate surface area is 80.5 Å². The number of nitrogens with one attached hydrogen (secondary N) is 1. The van der Waals surface area contributed by atoms with Crippen LogP contribution in [0.1, 0.15) is 18.1 Å². The number of aryl methyl sites for hydroxylation is 1. The minimum absolute atomic E-state index is 1.01. The van der Waals surface area contributed by atoms with E-state index in [9.17, 15) is 0 Å². The summed E-state index contributed by atoms with van der Waals surface area (Å²) in [5.41, 5.74) is 2.72. The van der Waals surface area contributed by atoms with E-state index in [4.69, 9.17) is 0 Å². The van der Waals surface area contributed by atoms with E-state index in [1.807, 2.05) is 19.2 Å². The van der Waals surface area contributed by atoms with Crippen molar-refractivity contribution < 1.29 is 0 Å². The number of hydrogen-bond acceptors (Lipinski definition) is 1. The molecule has 0 saturated carbocycles. The van der Waals surface area contributed by atoms with Crippen molar-refractivity contribution in [3.8, 4) is 0 Å². The molecule has 0 unspecified atom stereocenters. The molecule has 1 rings (SSSR count). The van der Waals surface area contributed by atoms with Gasteiger partial charge in [0.2, 0.25) is 0 Å². The zero-order valence-electron chi connectivity index (χ0n) is 8.38. The predicted molar refractivity (Wildman–Crippen MR) is 57.7 cm³/mol. The molecule has 0 saturated heterocycles. The summed E-state index contributed by atoms with van der Waals surface area (Å²) in [5.74, 6) is 0. The Kier molecular flexibility index (Phi) is 4.10. The Bertz CT molecular complexity index is 259. The Morgan fingerprint density at radius 1 is 1.23 bits per heavy atom. The van der Waals surface area contributed by atoms with Crippen LogP contribution in [0.3, 0.4) is 0 Å². The zero-order chi connectivity index (χ0) is 9.52. The summed E-state index contributed by atoms with van der Waals surface area (Å²) in [4.78, 5) is 0. The lowest BCUT2D eigenvalue weighted by Gasteiger charge is -2.01. The SMILES string of the molecule is CC=CNCCc1ccc(C)cc1. The molecule has 0 aromatic heterocycles. The van der Waals surface area contributed by atoms with Gasteiger partial charge in [-0.3, -0.25) is 0 Å². The van der Waals surface area contributed by atoms with Crippen molar-refractivity contribution in [1.82, 2.24) is 5.32 Å². The minimum atomic E-state index is 1.01. The van der Waals surface area contributed by atoms with Crippen LogP contribution in [-0.4, -0.2) is 6.54 Å². The van der Waals surface area contributed by atoms with Crippen LogP contribution < -0.4 is 5.32 Å². The first-order chi connectivity index (χ1) is 6.33. The Hall–Kier alpha value is -1.24. The normalized spacial score (nSPS) is 10.6. The molecular formula is C12H17N.